The maximum Gasteiger partial charge on any atom is 0.241 e. The highest BCUT2D eigenvalue weighted by atomic mass is 32.2. The zero-order valence-corrected chi connectivity index (χ0v) is 14.5. The SMILES string of the molecule is COc1cc(C)c(S(=O)(=O)NCCCc2cccnc2)c(C)c1. The summed E-state index contributed by atoms with van der Waals surface area (Å²) >= 11 is 0. The van der Waals surface area contributed by atoms with E-state index < -0.39 is 10.0 Å². The summed E-state index contributed by atoms with van der Waals surface area (Å²) in [5.74, 6) is 0.663. The molecule has 0 aliphatic carbocycles. The molecule has 0 bridgehead atoms. The van der Waals surface area contributed by atoms with Crippen molar-refractivity contribution in [2.24, 2.45) is 0 Å². The van der Waals surface area contributed by atoms with Crippen molar-refractivity contribution in [3.8, 4) is 5.75 Å². The molecule has 0 unspecified atom stereocenters. The second-order valence-corrected chi connectivity index (χ2v) is 7.16. The average Bonchev–Trinajstić information content (AvgIpc) is 2.51. The largest absolute Gasteiger partial charge is 0.497 e. The van der Waals surface area contributed by atoms with E-state index in [1.807, 2.05) is 12.1 Å². The molecule has 0 amide bonds. The van der Waals surface area contributed by atoms with Crippen LogP contribution in [0.25, 0.3) is 0 Å². The minimum Gasteiger partial charge on any atom is -0.497 e. The predicted molar refractivity (Wildman–Crippen MR) is 90.2 cm³/mol. The van der Waals surface area contributed by atoms with Gasteiger partial charge in [-0.3, -0.25) is 4.98 Å². The third-order valence-corrected chi connectivity index (χ3v) is 5.36. The number of rotatable bonds is 7. The number of hydrogen-bond donors (Lipinski definition) is 1. The Bertz CT molecular complexity index is 736. The fraction of sp³-hybridized carbons (Fsp3) is 0.353. The van der Waals surface area contributed by atoms with Gasteiger partial charge in [-0.2, -0.15) is 0 Å². The third kappa shape index (κ3) is 4.53. The number of aromatic nitrogens is 1. The van der Waals surface area contributed by atoms with Gasteiger partial charge in [0, 0.05) is 18.9 Å². The molecule has 1 N–H and O–H groups in total. The van der Waals surface area contributed by atoms with Crippen molar-refractivity contribution in [3.05, 3.63) is 53.3 Å². The number of nitrogens with one attached hydrogen (secondary N) is 1. The topological polar surface area (TPSA) is 68.3 Å². The molecule has 2 aromatic rings. The molecule has 0 atom stereocenters. The molecule has 0 saturated heterocycles. The predicted octanol–water partition coefficient (Wildman–Crippen LogP) is 2.62. The van der Waals surface area contributed by atoms with Crippen LogP contribution in [0.3, 0.4) is 0 Å². The Labute approximate surface area is 137 Å². The van der Waals surface area contributed by atoms with E-state index in [1.54, 1.807) is 45.5 Å². The summed E-state index contributed by atoms with van der Waals surface area (Å²) in [7, 11) is -1.95. The van der Waals surface area contributed by atoms with Gasteiger partial charge in [-0.25, -0.2) is 13.1 Å². The molecule has 1 aromatic carbocycles. The lowest BCUT2D eigenvalue weighted by Crippen LogP contribution is -2.26. The van der Waals surface area contributed by atoms with Gasteiger partial charge in [0.15, 0.2) is 0 Å². The summed E-state index contributed by atoms with van der Waals surface area (Å²) < 4.78 is 32.9. The highest BCUT2D eigenvalue weighted by Gasteiger charge is 2.19. The molecular formula is C17H22N2O3S. The summed E-state index contributed by atoms with van der Waals surface area (Å²) in [5.41, 5.74) is 2.46. The molecule has 124 valence electrons. The maximum atomic E-state index is 12.5. The van der Waals surface area contributed by atoms with Crippen molar-refractivity contribution in [2.45, 2.75) is 31.6 Å². The molecule has 6 heteroatoms. The van der Waals surface area contributed by atoms with Gasteiger partial charge in [-0.1, -0.05) is 6.07 Å². The van der Waals surface area contributed by atoms with E-state index in [4.69, 9.17) is 4.74 Å². The molecule has 0 radical (unpaired) electrons. The number of benzene rings is 1. The monoisotopic (exact) mass is 334 g/mol. The average molecular weight is 334 g/mol. The number of ether oxygens (including phenoxy) is 1. The number of hydrogen-bond acceptors (Lipinski definition) is 4. The summed E-state index contributed by atoms with van der Waals surface area (Å²) in [6, 6.07) is 7.33. The Hall–Kier alpha value is -1.92. The van der Waals surface area contributed by atoms with Crippen LogP contribution in [0.5, 0.6) is 5.75 Å². The van der Waals surface area contributed by atoms with Crippen molar-refractivity contribution in [1.82, 2.24) is 9.71 Å². The molecular weight excluding hydrogens is 312 g/mol. The van der Waals surface area contributed by atoms with Crippen molar-refractivity contribution in [3.63, 3.8) is 0 Å². The second-order valence-electron chi connectivity index (χ2n) is 5.45. The lowest BCUT2D eigenvalue weighted by Gasteiger charge is -2.13. The Kier molecular flexibility index (Phi) is 5.74. The Morgan fingerprint density at radius 3 is 2.48 bits per heavy atom. The van der Waals surface area contributed by atoms with Gasteiger partial charge in [0.2, 0.25) is 10.0 Å². The van der Waals surface area contributed by atoms with Gasteiger partial charge in [-0.05, 0) is 61.6 Å². The van der Waals surface area contributed by atoms with Crippen LogP contribution in [0.15, 0.2) is 41.6 Å². The first-order valence-electron chi connectivity index (χ1n) is 7.48. The molecule has 0 aliphatic rings. The highest BCUT2D eigenvalue weighted by molar-refractivity contribution is 7.89. The minimum absolute atomic E-state index is 0.333. The normalized spacial score (nSPS) is 11.4. The number of nitrogens with zero attached hydrogens (tertiary/aromatic N) is 1. The van der Waals surface area contributed by atoms with Crippen LogP contribution in [0.2, 0.25) is 0 Å². The Balaban J connectivity index is 2.02. The van der Waals surface area contributed by atoms with E-state index in [1.165, 1.54) is 0 Å². The number of pyridine rings is 1. The summed E-state index contributed by atoms with van der Waals surface area (Å²) in [5, 5.41) is 0. The van der Waals surface area contributed by atoms with Crippen LogP contribution < -0.4 is 9.46 Å². The van der Waals surface area contributed by atoms with Crippen molar-refractivity contribution in [2.75, 3.05) is 13.7 Å². The molecule has 1 aromatic heterocycles. The summed E-state index contributed by atoms with van der Waals surface area (Å²) in [6.45, 7) is 3.95. The van der Waals surface area contributed by atoms with Crippen LogP contribution in [0, 0.1) is 13.8 Å². The first-order valence-corrected chi connectivity index (χ1v) is 8.96. The fourth-order valence-corrected chi connectivity index (χ4v) is 4.09. The van der Waals surface area contributed by atoms with Crippen LogP contribution in [0.4, 0.5) is 0 Å². The molecule has 0 fully saturated rings. The van der Waals surface area contributed by atoms with Crippen molar-refractivity contribution < 1.29 is 13.2 Å². The molecule has 0 aliphatic heterocycles. The smallest absolute Gasteiger partial charge is 0.241 e. The number of aryl methyl sites for hydroxylation is 3. The quantitative estimate of drug-likeness (QED) is 0.790. The molecule has 0 saturated carbocycles. The molecule has 23 heavy (non-hydrogen) atoms. The minimum atomic E-state index is -3.52. The molecule has 2 rings (SSSR count). The number of sulfonamides is 1. The summed E-state index contributed by atoms with van der Waals surface area (Å²) in [4.78, 5) is 4.38. The van der Waals surface area contributed by atoms with Crippen LogP contribution >= 0.6 is 0 Å². The third-order valence-electron chi connectivity index (χ3n) is 3.60. The zero-order chi connectivity index (χ0) is 16.9. The number of methoxy groups -OCH3 is 1. The van der Waals surface area contributed by atoms with Gasteiger partial charge in [0.1, 0.15) is 5.75 Å². The van der Waals surface area contributed by atoms with Crippen LogP contribution in [-0.4, -0.2) is 27.1 Å². The first kappa shape index (κ1) is 17.4. The fourth-order valence-electron chi connectivity index (χ4n) is 2.57. The first-order chi connectivity index (χ1) is 10.9. The molecule has 5 nitrogen and oxygen atoms in total. The van der Waals surface area contributed by atoms with Crippen LogP contribution in [0.1, 0.15) is 23.1 Å². The van der Waals surface area contributed by atoms with Gasteiger partial charge in [-0.15, -0.1) is 0 Å². The van der Waals surface area contributed by atoms with Gasteiger partial charge in [0.05, 0.1) is 12.0 Å². The standard InChI is InChI=1S/C17H22N2O3S/c1-13-10-16(22-3)11-14(2)17(13)23(20,21)19-9-5-7-15-6-4-8-18-12-15/h4,6,8,10-12,19H,5,7,9H2,1-3H3. The zero-order valence-electron chi connectivity index (χ0n) is 13.7. The van der Waals surface area contributed by atoms with E-state index in [-0.39, 0.29) is 0 Å². The summed E-state index contributed by atoms with van der Waals surface area (Å²) in [6.07, 6.45) is 5.03. The van der Waals surface area contributed by atoms with Gasteiger partial charge >= 0.3 is 0 Å². The lowest BCUT2D eigenvalue weighted by molar-refractivity contribution is 0.413. The van der Waals surface area contributed by atoms with E-state index in [9.17, 15) is 8.42 Å². The van der Waals surface area contributed by atoms with Gasteiger partial charge < -0.3 is 4.74 Å². The molecule has 0 spiro atoms. The molecule has 1 heterocycles. The lowest BCUT2D eigenvalue weighted by atomic mass is 10.1. The van der Waals surface area contributed by atoms with Crippen molar-refractivity contribution in [1.29, 1.82) is 0 Å². The maximum absolute atomic E-state index is 12.5. The highest BCUT2D eigenvalue weighted by Crippen LogP contribution is 2.25. The van der Waals surface area contributed by atoms with E-state index >= 15 is 0 Å². The van der Waals surface area contributed by atoms with E-state index in [0.717, 1.165) is 18.4 Å². The Morgan fingerprint density at radius 1 is 1.22 bits per heavy atom. The van der Waals surface area contributed by atoms with Gasteiger partial charge in [0.25, 0.3) is 0 Å². The second kappa shape index (κ2) is 7.57. The van der Waals surface area contributed by atoms with E-state index in [2.05, 4.69) is 9.71 Å². The Morgan fingerprint density at radius 2 is 1.91 bits per heavy atom. The van der Waals surface area contributed by atoms with Crippen molar-refractivity contribution >= 4 is 10.0 Å². The van der Waals surface area contributed by atoms with E-state index in [0.29, 0.717) is 28.3 Å². The van der Waals surface area contributed by atoms with Crippen LogP contribution in [-0.2, 0) is 16.4 Å².